The summed E-state index contributed by atoms with van der Waals surface area (Å²) in [6.07, 6.45) is 0.700. The summed E-state index contributed by atoms with van der Waals surface area (Å²) in [4.78, 5) is 12.8. The molecule has 1 heterocycles. The molecular formula is C23H22N2O3S. The second-order valence-electron chi connectivity index (χ2n) is 7.20. The van der Waals surface area contributed by atoms with Crippen LogP contribution in [0.5, 0.6) is 0 Å². The third-order valence-electron chi connectivity index (χ3n) is 5.27. The van der Waals surface area contributed by atoms with Crippen LogP contribution in [0.15, 0.2) is 71.6 Å². The van der Waals surface area contributed by atoms with E-state index in [2.05, 4.69) is 5.32 Å². The Morgan fingerprint density at radius 2 is 1.55 bits per heavy atom. The topological polar surface area (TPSA) is 66.5 Å². The average Bonchev–Trinajstić information content (AvgIpc) is 3.16. The molecule has 3 aromatic rings. The number of carbonyl (C=O) groups is 1. The smallest absolute Gasteiger partial charge is 0.264 e. The number of rotatable bonds is 4. The highest BCUT2D eigenvalue weighted by Crippen LogP contribution is 2.32. The number of fused-ring (bicyclic) bond motifs is 1. The van der Waals surface area contributed by atoms with E-state index in [1.54, 1.807) is 12.1 Å². The van der Waals surface area contributed by atoms with Gasteiger partial charge in [0.15, 0.2) is 0 Å². The number of para-hydroxylation sites is 2. The van der Waals surface area contributed by atoms with Gasteiger partial charge in [-0.15, -0.1) is 0 Å². The van der Waals surface area contributed by atoms with E-state index in [0.717, 1.165) is 28.1 Å². The van der Waals surface area contributed by atoms with E-state index in [-0.39, 0.29) is 10.8 Å². The van der Waals surface area contributed by atoms with Crippen LogP contribution in [0.4, 0.5) is 11.4 Å². The van der Waals surface area contributed by atoms with Crippen molar-refractivity contribution in [3.05, 3.63) is 89.0 Å². The Balaban J connectivity index is 1.57. The normalized spacial score (nSPS) is 13.2. The van der Waals surface area contributed by atoms with Crippen LogP contribution in [-0.2, 0) is 16.4 Å². The quantitative estimate of drug-likeness (QED) is 0.702. The predicted molar refractivity (Wildman–Crippen MR) is 115 cm³/mol. The van der Waals surface area contributed by atoms with Gasteiger partial charge in [-0.2, -0.15) is 0 Å². The average molecular weight is 407 g/mol. The molecule has 0 aliphatic carbocycles. The van der Waals surface area contributed by atoms with Crippen molar-refractivity contribution in [3.63, 3.8) is 0 Å². The zero-order valence-electron chi connectivity index (χ0n) is 16.3. The number of nitrogens with zero attached hydrogens (tertiary/aromatic N) is 1. The van der Waals surface area contributed by atoms with Crippen LogP contribution in [-0.4, -0.2) is 20.9 Å². The van der Waals surface area contributed by atoms with Gasteiger partial charge in [-0.1, -0.05) is 36.4 Å². The van der Waals surface area contributed by atoms with E-state index in [9.17, 15) is 13.2 Å². The zero-order valence-corrected chi connectivity index (χ0v) is 17.2. The van der Waals surface area contributed by atoms with Gasteiger partial charge in [0, 0.05) is 17.8 Å². The summed E-state index contributed by atoms with van der Waals surface area (Å²) in [5.41, 5.74) is 4.90. The summed E-state index contributed by atoms with van der Waals surface area (Å²) in [7, 11) is -3.67. The van der Waals surface area contributed by atoms with E-state index >= 15 is 0 Å². The highest BCUT2D eigenvalue weighted by atomic mass is 32.2. The predicted octanol–water partition coefficient (Wildman–Crippen LogP) is 4.31. The molecule has 1 amide bonds. The van der Waals surface area contributed by atoms with Gasteiger partial charge in [0.1, 0.15) is 0 Å². The molecule has 5 nitrogen and oxygen atoms in total. The number of aryl methyl sites for hydroxylation is 2. The summed E-state index contributed by atoms with van der Waals surface area (Å²) >= 11 is 0. The monoisotopic (exact) mass is 406 g/mol. The summed E-state index contributed by atoms with van der Waals surface area (Å²) in [5.74, 6) is -0.266. The fraction of sp³-hybridized carbons (Fsp3) is 0.174. The lowest BCUT2D eigenvalue weighted by molar-refractivity contribution is 0.102. The molecule has 3 aromatic carbocycles. The van der Waals surface area contributed by atoms with Gasteiger partial charge in [0.05, 0.1) is 10.6 Å². The first-order chi connectivity index (χ1) is 13.9. The van der Waals surface area contributed by atoms with E-state index in [4.69, 9.17) is 0 Å². The summed E-state index contributed by atoms with van der Waals surface area (Å²) in [5, 5.41) is 2.92. The molecule has 0 atom stereocenters. The first-order valence-corrected chi connectivity index (χ1v) is 10.9. The molecule has 0 unspecified atom stereocenters. The first-order valence-electron chi connectivity index (χ1n) is 9.46. The molecule has 0 bridgehead atoms. The molecule has 1 aliphatic rings. The first kappa shape index (κ1) is 19.2. The van der Waals surface area contributed by atoms with Gasteiger partial charge in [0.2, 0.25) is 0 Å². The van der Waals surface area contributed by atoms with Crippen molar-refractivity contribution in [1.82, 2.24) is 0 Å². The molecule has 0 fully saturated rings. The second-order valence-corrected chi connectivity index (χ2v) is 9.06. The van der Waals surface area contributed by atoms with Gasteiger partial charge < -0.3 is 5.32 Å². The Labute approximate surface area is 171 Å². The summed E-state index contributed by atoms with van der Waals surface area (Å²) in [6, 6.07) is 19.4. The third-order valence-corrected chi connectivity index (χ3v) is 7.10. The minimum Gasteiger partial charge on any atom is -0.322 e. The van der Waals surface area contributed by atoms with E-state index < -0.39 is 10.0 Å². The van der Waals surface area contributed by atoms with Crippen LogP contribution < -0.4 is 9.62 Å². The summed E-state index contributed by atoms with van der Waals surface area (Å²) < 4.78 is 27.6. The van der Waals surface area contributed by atoms with Crippen LogP contribution in [0.25, 0.3) is 0 Å². The van der Waals surface area contributed by atoms with Crippen molar-refractivity contribution in [2.24, 2.45) is 0 Å². The Hall–Kier alpha value is -3.12. The molecule has 0 spiro atoms. The maximum atomic E-state index is 13.1. The largest absolute Gasteiger partial charge is 0.322 e. The van der Waals surface area contributed by atoms with Crippen molar-refractivity contribution in [2.45, 2.75) is 25.2 Å². The van der Waals surface area contributed by atoms with E-state index in [0.29, 0.717) is 18.5 Å². The maximum Gasteiger partial charge on any atom is 0.264 e. The van der Waals surface area contributed by atoms with E-state index in [1.807, 2.05) is 56.3 Å². The van der Waals surface area contributed by atoms with Crippen molar-refractivity contribution >= 4 is 27.3 Å². The fourth-order valence-electron chi connectivity index (χ4n) is 3.66. The molecule has 6 heteroatoms. The molecular weight excluding hydrogens is 384 g/mol. The molecule has 0 saturated carbocycles. The van der Waals surface area contributed by atoms with Gasteiger partial charge >= 0.3 is 0 Å². The molecule has 1 aliphatic heterocycles. The maximum absolute atomic E-state index is 13.1. The number of sulfonamides is 1. The summed E-state index contributed by atoms with van der Waals surface area (Å²) in [6.45, 7) is 4.30. The molecule has 4 rings (SSSR count). The molecule has 1 N–H and O–H groups in total. The minimum atomic E-state index is -3.67. The molecule has 0 aromatic heterocycles. The number of anilines is 2. The number of nitrogens with one attached hydrogen (secondary N) is 1. The minimum absolute atomic E-state index is 0.179. The zero-order chi connectivity index (χ0) is 20.6. The molecule has 0 saturated heterocycles. The van der Waals surface area contributed by atoms with E-state index in [1.165, 1.54) is 16.4 Å². The Morgan fingerprint density at radius 3 is 2.24 bits per heavy atom. The Bertz CT molecular complexity index is 1160. The van der Waals surface area contributed by atoms with Crippen molar-refractivity contribution in [3.8, 4) is 0 Å². The van der Waals surface area contributed by atoms with Crippen molar-refractivity contribution < 1.29 is 13.2 Å². The number of hydrogen-bond acceptors (Lipinski definition) is 3. The van der Waals surface area contributed by atoms with Crippen LogP contribution in [0.3, 0.4) is 0 Å². The molecule has 29 heavy (non-hydrogen) atoms. The van der Waals surface area contributed by atoms with Crippen molar-refractivity contribution in [1.29, 1.82) is 0 Å². The standard InChI is InChI=1S/C23H22N2O3S/c1-16-6-5-7-17(2)22(16)24-23(26)19-10-12-20(13-11-19)29(27,28)25-15-14-18-8-3-4-9-21(18)25/h3-13H,14-15H2,1-2H3,(H,24,26). The number of amides is 1. The van der Waals surface area contributed by atoms with Gasteiger partial charge in [0.25, 0.3) is 15.9 Å². The van der Waals surface area contributed by atoms with Crippen LogP contribution in [0.1, 0.15) is 27.0 Å². The van der Waals surface area contributed by atoms with Crippen LogP contribution in [0, 0.1) is 13.8 Å². The fourth-order valence-corrected chi connectivity index (χ4v) is 5.16. The number of carbonyl (C=O) groups excluding carboxylic acids is 1. The lowest BCUT2D eigenvalue weighted by Crippen LogP contribution is -2.29. The lowest BCUT2D eigenvalue weighted by atomic mass is 10.1. The number of hydrogen-bond donors (Lipinski definition) is 1. The molecule has 148 valence electrons. The van der Waals surface area contributed by atoms with Crippen LogP contribution >= 0.6 is 0 Å². The Morgan fingerprint density at radius 1 is 0.897 bits per heavy atom. The number of benzene rings is 3. The van der Waals surface area contributed by atoms with Gasteiger partial charge in [-0.25, -0.2) is 8.42 Å². The highest BCUT2D eigenvalue weighted by Gasteiger charge is 2.30. The molecule has 0 radical (unpaired) electrons. The van der Waals surface area contributed by atoms with Crippen molar-refractivity contribution in [2.75, 3.05) is 16.2 Å². The van der Waals surface area contributed by atoms with Gasteiger partial charge in [-0.3, -0.25) is 9.10 Å². The van der Waals surface area contributed by atoms with Gasteiger partial charge in [-0.05, 0) is 67.3 Å². The Kier molecular flexibility index (Phi) is 4.88. The third kappa shape index (κ3) is 3.51. The SMILES string of the molecule is Cc1cccc(C)c1NC(=O)c1ccc(S(=O)(=O)N2CCc3ccccc32)cc1. The second kappa shape index (κ2) is 7.37. The van der Waals surface area contributed by atoms with Crippen LogP contribution in [0.2, 0.25) is 0 Å². The highest BCUT2D eigenvalue weighted by molar-refractivity contribution is 7.92. The lowest BCUT2D eigenvalue weighted by Gasteiger charge is -2.19.